The standard InChI is InChI=1S/C14H11Cl2N3/c15-11-5-4-10(13(16)8-11)6-7-18-14-3-1-2-12(9-17)19-14/h1-5,8H,6-7H2,(H,18,19). The van der Waals surface area contributed by atoms with E-state index in [-0.39, 0.29) is 0 Å². The van der Waals surface area contributed by atoms with Crippen molar-refractivity contribution in [2.75, 3.05) is 11.9 Å². The van der Waals surface area contributed by atoms with Crippen LogP contribution in [0.4, 0.5) is 5.82 Å². The Hall–Kier alpha value is -1.76. The summed E-state index contributed by atoms with van der Waals surface area (Å²) in [5, 5.41) is 13.2. The van der Waals surface area contributed by atoms with Gasteiger partial charge in [-0.2, -0.15) is 5.26 Å². The molecule has 0 spiro atoms. The molecule has 0 unspecified atom stereocenters. The number of rotatable bonds is 4. The number of nitrogens with zero attached hydrogens (tertiary/aromatic N) is 2. The number of nitriles is 1. The van der Waals surface area contributed by atoms with Gasteiger partial charge in [-0.05, 0) is 36.2 Å². The van der Waals surface area contributed by atoms with Crippen LogP contribution in [0.3, 0.4) is 0 Å². The quantitative estimate of drug-likeness (QED) is 0.929. The molecule has 1 heterocycles. The number of pyridine rings is 1. The van der Waals surface area contributed by atoms with Gasteiger partial charge in [0.2, 0.25) is 0 Å². The zero-order valence-electron chi connectivity index (χ0n) is 10.0. The molecular weight excluding hydrogens is 281 g/mol. The number of hydrogen-bond donors (Lipinski definition) is 1. The van der Waals surface area contributed by atoms with Crippen molar-refractivity contribution in [3.63, 3.8) is 0 Å². The lowest BCUT2D eigenvalue weighted by Crippen LogP contribution is -2.07. The molecule has 1 aromatic carbocycles. The van der Waals surface area contributed by atoms with E-state index in [2.05, 4.69) is 10.3 Å². The van der Waals surface area contributed by atoms with Gasteiger partial charge in [0.25, 0.3) is 0 Å². The fourth-order valence-corrected chi connectivity index (χ4v) is 2.15. The van der Waals surface area contributed by atoms with Crippen LogP contribution in [-0.4, -0.2) is 11.5 Å². The van der Waals surface area contributed by atoms with E-state index in [4.69, 9.17) is 28.5 Å². The highest BCUT2D eigenvalue weighted by molar-refractivity contribution is 6.35. The second kappa shape index (κ2) is 6.42. The van der Waals surface area contributed by atoms with Crippen LogP contribution in [-0.2, 0) is 6.42 Å². The average Bonchev–Trinajstić information content (AvgIpc) is 2.41. The monoisotopic (exact) mass is 291 g/mol. The van der Waals surface area contributed by atoms with Gasteiger partial charge in [-0.1, -0.05) is 35.3 Å². The lowest BCUT2D eigenvalue weighted by Gasteiger charge is -2.07. The number of anilines is 1. The molecule has 0 aliphatic rings. The summed E-state index contributed by atoms with van der Waals surface area (Å²) in [6, 6.07) is 12.7. The van der Waals surface area contributed by atoms with Gasteiger partial charge >= 0.3 is 0 Å². The Morgan fingerprint density at radius 1 is 1.21 bits per heavy atom. The maximum absolute atomic E-state index is 8.76. The Labute approximate surface area is 121 Å². The first kappa shape index (κ1) is 13.7. The highest BCUT2D eigenvalue weighted by Crippen LogP contribution is 2.21. The van der Waals surface area contributed by atoms with E-state index in [1.807, 2.05) is 24.3 Å². The molecule has 0 aliphatic heterocycles. The first-order valence-electron chi connectivity index (χ1n) is 5.74. The minimum Gasteiger partial charge on any atom is -0.370 e. The Morgan fingerprint density at radius 3 is 2.79 bits per heavy atom. The summed E-state index contributed by atoms with van der Waals surface area (Å²) in [5.41, 5.74) is 1.42. The molecule has 96 valence electrons. The van der Waals surface area contributed by atoms with Gasteiger partial charge in [0.05, 0.1) is 0 Å². The molecule has 0 fully saturated rings. The van der Waals surface area contributed by atoms with Gasteiger partial charge in [0, 0.05) is 16.6 Å². The van der Waals surface area contributed by atoms with Crippen LogP contribution >= 0.6 is 23.2 Å². The second-order valence-electron chi connectivity index (χ2n) is 3.93. The molecule has 0 radical (unpaired) electrons. The molecule has 0 atom stereocenters. The number of hydrogen-bond acceptors (Lipinski definition) is 3. The molecule has 0 saturated heterocycles. The van der Waals surface area contributed by atoms with Crippen LogP contribution in [0.1, 0.15) is 11.3 Å². The van der Waals surface area contributed by atoms with E-state index >= 15 is 0 Å². The van der Waals surface area contributed by atoms with Crippen LogP contribution in [0.5, 0.6) is 0 Å². The van der Waals surface area contributed by atoms with Crippen molar-refractivity contribution in [2.45, 2.75) is 6.42 Å². The minimum atomic E-state index is 0.398. The molecule has 1 aromatic heterocycles. The molecule has 0 amide bonds. The van der Waals surface area contributed by atoms with Crippen LogP contribution in [0.15, 0.2) is 36.4 Å². The van der Waals surface area contributed by atoms with E-state index in [9.17, 15) is 0 Å². The maximum atomic E-state index is 8.76. The Balaban J connectivity index is 1.94. The molecule has 1 N–H and O–H groups in total. The van der Waals surface area contributed by atoms with E-state index in [0.29, 0.717) is 28.1 Å². The lowest BCUT2D eigenvalue weighted by molar-refractivity contribution is 1.00. The number of benzene rings is 1. The third kappa shape index (κ3) is 3.85. The Bertz CT molecular complexity index is 620. The number of halogens is 2. The average molecular weight is 292 g/mol. The van der Waals surface area contributed by atoms with E-state index in [1.165, 1.54) is 0 Å². The van der Waals surface area contributed by atoms with Crippen molar-refractivity contribution in [3.8, 4) is 6.07 Å². The summed E-state index contributed by atoms with van der Waals surface area (Å²) >= 11 is 11.9. The van der Waals surface area contributed by atoms with Crippen molar-refractivity contribution in [1.29, 1.82) is 5.26 Å². The van der Waals surface area contributed by atoms with E-state index in [1.54, 1.807) is 18.2 Å². The summed E-state index contributed by atoms with van der Waals surface area (Å²) in [5.74, 6) is 0.684. The summed E-state index contributed by atoms with van der Waals surface area (Å²) in [7, 11) is 0. The molecule has 2 aromatic rings. The Morgan fingerprint density at radius 2 is 2.05 bits per heavy atom. The van der Waals surface area contributed by atoms with E-state index in [0.717, 1.165) is 12.0 Å². The fourth-order valence-electron chi connectivity index (χ4n) is 1.65. The molecule has 0 aliphatic carbocycles. The predicted octanol–water partition coefficient (Wildman–Crippen LogP) is 3.91. The summed E-state index contributed by atoms with van der Waals surface area (Å²) in [6.45, 7) is 0.684. The largest absolute Gasteiger partial charge is 0.370 e. The smallest absolute Gasteiger partial charge is 0.142 e. The minimum absolute atomic E-state index is 0.398. The maximum Gasteiger partial charge on any atom is 0.142 e. The molecule has 0 bridgehead atoms. The van der Waals surface area contributed by atoms with Crippen LogP contribution in [0.25, 0.3) is 0 Å². The lowest BCUT2D eigenvalue weighted by atomic mass is 10.1. The topological polar surface area (TPSA) is 48.7 Å². The summed E-state index contributed by atoms with van der Waals surface area (Å²) < 4.78 is 0. The first-order chi connectivity index (χ1) is 9.19. The van der Waals surface area contributed by atoms with Crippen molar-refractivity contribution >= 4 is 29.0 Å². The first-order valence-corrected chi connectivity index (χ1v) is 6.49. The van der Waals surface area contributed by atoms with Gasteiger partial charge in [0.1, 0.15) is 17.6 Å². The normalized spacial score (nSPS) is 9.95. The Kier molecular flexibility index (Phi) is 4.62. The van der Waals surface area contributed by atoms with E-state index < -0.39 is 0 Å². The SMILES string of the molecule is N#Cc1cccc(NCCc2ccc(Cl)cc2Cl)n1. The van der Waals surface area contributed by atoms with Crippen molar-refractivity contribution in [2.24, 2.45) is 0 Å². The number of nitrogens with one attached hydrogen (secondary N) is 1. The molecule has 0 saturated carbocycles. The van der Waals surface area contributed by atoms with Crippen molar-refractivity contribution in [1.82, 2.24) is 4.98 Å². The van der Waals surface area contributed by atoms with Crippen molar-refractivity contribution in [3.05, 3.63) is 57.7 Å². The molecule has 5 heteroatoms. The zero-order chi connectivity index (χ0) is 13.7. The molecular formula is C14H11Cl2N3. The molecule has 3 nitrogen and oxygen atoms in total. The molecule has 19 heavy (non-hydrogen) atoms. The molecule has 2 rings (SSSR count). The fraction of sp³-hybridized carbons (Fsp3) is 0.143. The zero-order valence-corrected chi connectivity index (χ0v) is 11.5. The van der Waals surface area contributed by atoms with Gasteiger partial charge in [-0.3, -0.25) is 0 Å². The third-order valence-corrected chi connectivity index (χ3v) is 3.17. The predicted molar refractivity (Wildman–Crippen MR) is 77.6 cm³/mol. The van der Waals surface area contributed by atoms with Crippen LogP contribution in [0.2, 0.25) is 10.0 Å². The second-order valence-corrected chi connectivity index (χ2v) is 4.78. The van der Waals surface area contributed by atoms with Gasteiger partial charge < -0.3 is 5.32 Å². The van der Waals surface area contributed by atoms with Crippen LogP contribution in [0, 0.1) is 11.3 Å². The van der Waals surface area contributed by atoms with Gasteiger partial charge in [-0.25, -0.2) is 4.98 Å². The third-order valence-electron chi connectivity index (χ3n) is 2.58. The summed E-state index contributed by atoms with van der Waals surface area (Å²) in [4.78, 5) is 4.13. The highest BCUT2D eigenvalue weighted by atomic mass is 35.5. The van der Waals surface area contributed by atoms with Crippen LogP contribution < -0.4 is 5.32 Å². The van der Waals surface area contributed by atoms with Gasteiger partial charge in [0.15, 0.2) is 0 Å². The number of aromatic nitrogens is 1. The van der Waals surface area contributed by atoms with Crippen molar-refractivity contribution < 1.29 is 0 Å². The van der Waals surface area contributed by atoms with Gasteiger partial charge in [-0.15, -0.1) is 0 Å². The summed E-state index contributed by atoms with van der Waals surface area (Å²) in [6.07, 6.45) is 0.758. The highest BCUT2D eigenvalue weighted by Gasteiger charge is 2.02.